The number of amides is 1. The van der Waals surface area contributed by atoms with E-state index in [1.807, 2.05) is 31.7 Å². The Morgan fingerprint density at radius 1 is 1.48 bits per heavy atom. The molecule has 21 heavy (non-hydrogen) atoms. The van der Waals surface area contributed by atoms with Gasteiger partial charge in [-0.05, 0) is 57.2 Å². The lowest BCUT2D eigenvalue weighted by atomic mass is 10.2. The van der Waals surface area contributed by atoms with Crippen LogP contribution in [0.2, 0.25) is 0 Å². The van der Waals surface area contributed by atoms with E-state index >= 15 is 0 Å². The zero-order chi connectivity index (χ0) is 15.6. The molecule has 1 aliphatic rings. The van der Waals surface area contributed by atoms with E-state index in [2.05, 4.69) is 0 Å². The smallest absolute Gasteiger partial charge is 0.328 e. The number of hydrogen-bond donors (Lipinski definition) is 1. The second-order valence-electron chi connectivity index (χ2n) is 5.82. The number of carboxylic acids is 1. The minimum Gasteiger partial charge on any atom is -0.478 e. The number of nitrogens with zero attached hydrogens (tertiary/aromatic N) is 1. The fraction of sp³-hybridized carbons (Fsp3) is 0.500. The van der Waals surface area contributed by atoms with E-state index in [0.717, 1.165) is 23.1 Å². The Bertz CT molecular complexity index is 570. The van der Waals surface area contributed by atoms with Crippen LogP contribution in [0.5, 0.6) is 0 Å². The van der Waals surface area contributed by atoms with Crippen LogP contribution < -0.4 is 0 Å². The fourth-order valence-corrected chi connectivity index (χ4v) is 3.20. The molecule has 4 nitrogen and oxygen atoms in total. The molecule has 114 valence electrons. The van der Waals surface area contributed by atoms with Gasteiger partial charge in [0.05, 0.1) is 4.88 Å². The van der Waals surface area contributed by atoms with E-state index in [4.69, 9.17) is 5.11 Å². The van der Waals surface area contributed by atoms with Crippen LogP contribution in [0.4, 0.5) is 0 Å². The lowest BCUT2D eigenvalue weighted by Crippen LogP contribution is -2.38. The molecule has 1 saturated carbocycles. The number of aliphatic carboxylic acids is 1. The Hall–Kier alpha value is -1.62. The largest absolute Gasteiger partial charge is 0.478 e. The minimum atomic E-state index is -0.979. The number of carboxylic acid groups (broad SMARTS) is 1. The monoisotopic (exact) mass is 307 g/mol. The van der Waals surface area contributed by atoms with Crippen LogP contribution in [0, 0.1) is 12.8 Å². The average Bonchev–Trinajstić information content (AvgIpc) is 3.15. The molecule has 1 aliphatic carbocycles. The third-order valence-electron chi connectivity index (χ3n) is 3.58. The van der Waals surface area contributed by atoms with Gasteiger partial charge in [0.1, 0.15) is 0 Å². The molecule has 0 atom stereocenters. The maximum Gasteiger partial charge on any atom is 0.328 e. The van der Waals surface area contributed by atoms with Crippen molar-refractivity contribution in [2.75, 3.05) is 6.54 Å². The summed E-state index contributed by atoms with van der Waals surface area (Å²) in [4.78, 5) is 26.7. The van der Waals surface area contributed by atoms with Crippen LogP contribution in [0.1, 0.15) is 46.8 Å². The summed E-state index contributed by atoms with van der Waals surface area (Å²) >= 11 is 1.36. The van der Waals surface area contributed by atoms with E-state index in [9.17, 15) is 9.59 Å². The van der Waals surface area contributed by atoms with Gasteiger partial charge in [-0.25, -0.2) is 4.79 Å². The maximum atomic E-state index is 12.6. The first kappa shape index (κ1) is 15.8. The number of aryl methyl sites for hydroxylation is 1. The molecule has 0 spiro atoms. The van der Waals surface area contributed by atoms with Crippen molar-refractivity contribution >= 4 is 29.3 Å². The maximum absolute atomic E-state index is 12.6. The van der Waals surface area contributed by atoms with Gasteiger partial charge in [-0.15, -0.1) is 11.3 Å². The van der Waals surface area contributed by atoms with Gasteiger partial charge in [-0.3, -0.25) is 4.79 Å². The SMILES string of the molecule is Cc1cc(C(=O)N(CC2CC2)C(C)C)sc1/C=C/C(=O)O. The Morgan fingerprint density at radius 3 is 2.67 bits per heavy atom. The second kappa shape index (κ2) is 6.43. The van der Waals surface area contributed by atoms with Crippen LogP contribution in [0.3, 0.4) is 0 Å². The van der Waals surface area contributed by atoms with E-state index < -0.39 is 5.97 Å². The first-order chi connectivity index (χ1) is 9.88. The molecule has 1 aromatic rings. The summed E-state index contributed by atoms with van der Waals surface area (Å²) in [5, 5.41) is 8.69. The quantitative estimate of drug-likeness (QED) is 0.819. The summed E-state index contributed by atoms with van der Waals surface area (Å²) < 4.78 is 0. The molecule has 1 fully saturated rings. The van der Waals surface area contributed by atoms with Gasteiger partial charge in [0, 0.05) is 23.5 Å². The van der Waals surface area contributed by atoms with Crippen LogP contribution in [-0.4, -0.2) is 34.5 Å². The van der Waals surface area contributed by atoms with Gasteiger partial charge in [0.2, 0.25) is 0 Å². The highest BCUT2D eigenvalue weighted by molar-refractivity contribution is 7.15. The summed E-state index contributed by atoms with van der Waals surface area (Å²) in [6.07, 6.45) is 5.09. The minimum absolute atomic E-state index is 0.0555. The predicted molar refractivity (Wildman–Crippen MR) is 84.6 cm³/mol. The fourth-order valence-electron chi connectivity index (χ4n) is 2.16. The van der Waals surface area contributed by atoms with Crippen molar-refractivity contribution in [1.29, 1.82) is 0 Å². The standard InChI is InChI=1S/C16H21NO3S/c1-10(2)17(9-12-4-5-12)16(20)14-8-11(3)13(21-14)6-7-15(18)19/h6-8,10,12H,4-5,9H2,1-3H3,(H,18,19)/b7-6+. The number of hydrogen-bond acceptors (Lipinski definition) is 3. The van der Waals surface area contributed by atoms with Gasteiger partial charge in [-0.1, -0.05) is 0 Å². The lowest BCUT2D eigenvalue weighted by Gasteiger charge is -2.26. The third-order valence-corrected chi connectivity index (χ3v) is 4.77. The second-order valence-corrected chi connectivity index (χ2v) is 6.91. The zero-order valence-electron chi connectivity index (χ0n) is 12.6. The Morgan fingerprint density at radius 2 is 2.14 bits per heavy atom. The van der Waals surface area contributed by atoms with Gasteiger partial charge in [0.25, 0.3) is 5.91 Å². The summed E-state index contributed by atoms with van der Waals surface area (Å²) in [6, 6.07) is 2.04. The van der Waals surface area contributed by atoms with Crippen LogP contribution >= 0.6 is 11.3 Å². The molecule has 0 unspecified atom stereocenters. The molecule has 0 radical (unpaired) electrons. The highest BCUT2D eigenvalue weighted by Gasteiger charge is 2.29. The Balaban J connectivity index is 2.17. The van der Waals surface area contributed by atoms with Gasteiger partial charge < -0.3 is 10.0 Å². The molecule has 0 aliphatic heterocycles. The Labute approximate surface area is 129 Å². The van der Waals surface area contributed by atoms with Gasteiger partial charge in [-0.2, -0.15) is 0 Å². The normalized spacial score (nSPS) is 14.9. The molecule has 1 amide bonds. The van der Waals surface area contributed by atoms with Crippen molar-refractivity contribution in [3.05, 3.63) is 27.5 Å². The number of carbonyl (C=O) groups is 2. The predicted octanol–water partition coefficient (Wildman–Crippen LogP) is 3.41. The van der Waals surface area contributed by atoms with Crippen molar-refractivity contribution in [3.63, 3.8) is 0 Å². The van der Waals surface area contributed by atoms with E-state index in [0.29, 0.717) is 10.8 Å². The number of rotatable bonds is 6. The molecule has 0 saturated heterocycles. The van der Waals surface area contributed by atoms with Gasteiger partial charge in [0.15, 0.2) is 0 Å². The molecule has 1 heterocycles. The van der Waals surface area contributed by atoms with Crippen LogP contribution in [0.15, 0.2) is 12.1 Å². The topological polar surface area (TPSA) is 57.6 Å². The van der Waals surface area contributed by atoms with Crippen molar-refractivity contribution < 1.29 is 14.7 Å². The van der Waals surface area contributed by atoms with Crippen molar-refractivity contribution in [3.8, 4) is 0 Å². The van der Waals surface area contributed by atoms with Gasteiger partial charge >= 0.3 is 5.97 Å². The van der Waals surface area contributed by atoms with Crippen LogP contribution in [-0.2, 0) is 4.79 Å². The number of carbonyl (C=O) groups excluding carboxylic acids is 1. The summed E-state index contributed by atoms with van der Waals surface area (Å²) in [5.41, 5.74) is 0.941. The first-order valence-electron chi connectivity index (χ1n) is 7.21. The summed E-state index contributed by atoms with van der Waals surface area (Å²) in [6.45, 7) is 6.79. The van der Waals surface area contributed by atoms with Crippen molar-refractivity contribution in [1.82, 2.24) is 4.90 Å². The zero-order valence-corrected chi connectivity index (χ0v) is 13.4. The molecular formula is C16H21NO3S. The number of thiophene rings is 1. The molecule has 0 bridgehead atoms. The highest BCUT2D eigenvalue weighted by Crippen LogP contribution is 2.32. The molecule has 1 N–H and O–H groups in total. The Kier molecular flexibility index (Phi) is 4.83. The molecule has 2 rings (SSSR count). The van der Waals surface area contributed by atoms with E-state index in [1.165, 1.54) is 24.2 Å². The van der Waals surface area contributed by atoms with Crippen LogP contribution in [0.25, 0.3) is 6.08 Å². The molecular weight excluding hydrogens is 286 g/mol. The third kappa shape index (κ3) is 4.17. The average molecular weight is 307 g/mol. The molecule has 0 aromatic carbocycles. The highest BCUT2D eigenvalue weighted by atomic mass is 32.1. The molecule has 1 aromatic heterocycles. The van der Waals surface area contributed by atoms with E-state index in [-0.39, 0.29) is 11.9 Å². The van der Waals surface area contributed by atoms with Crippen molar-refractivity contribution in [2.24, 2.45) is 5.92 Å². The first-order valence-corrected chi connectivity index (χ1v) is 8.02. The lowest BCUT2D eigenvalue weighted by molar-refractivity contribution is -0.131. The van der Waals surface area contributed by atoms with Crippen molar-refractivity contribution in [2.45, 2.75) is 39.7 Å². The molecule has 5 heteroatoms. The summed E-state index contributed by atoms with van der Waals surface area (Å²) in [5.74, 6) is -0.267. The summed E-state index contributed by atoms with van der Waals surface area (Å²) in [7, 11) is 0. The van der Waals surface area contributed by atoms with E-state index in [1.54, 1.807) is 6.08 Å².